The van der Waals surface area contributed by atoms with Crippen LogP contribution in [0.1, 0.15) is 5.56 Å². The van der Waals surface area contributed by atoms with Gasteiger partial charge < -0.3 is 0 Å². The molecule has 1 aromatic carbocycles. The molecule has 0 amide bonds. The van der Waals surface area contributed by atoms with E-state index in [9.17, 15) is 4.79 Å². The molecule has 0 atom stereocenters. The van der Waals surface area contributed by atoms with Crippen molar-refractivity contribution in [3.8, 4) is 0 Å². The second-order valence-corrected chi connectivity index (χ2v) is 3.09. The molecule has 0 fully saturated rings. The van der Waals surface area contributed by atoms with Gasteiger partial charge in [-0.1, -0.05) is 11.6 Å². The Bertz CT molecular complexity index is 528. The summed E-state index contributed by atoms with van der Waals surface area (Å²) < 4.78 is 0. The highest BCUT2D eigenvalue weighted by Gasteiger charge is 1.96. The fraction of sp³-hybridized carbons (Fsp3) is 0.0909. The maximum atomic E-state index is 10.1. The van der Waals surface area contributed by atoms with Crippen LogP contribution in [-0.2, 0) is 4.79 Å². The predicted molar refractivity (Wildman–Crippen MR) is 54.3 cm³/mol. The number of aliphatic imine (C=N–C) groups is 1. The molecule has 0 aliphatic rings. The van der Waals surface area contributed by atoms with E-state index in [0.29, 0.717) is 5.69 Å². The molecule has 0 N–H and O–H groups in total. The highest BCUT2D eigenvalue weighted by molar-refractivity contribution is 5.81. The lowest BCUT2D eigenvalue weighted by Gasteiger charge is -1.98. The van der Waals surface area contributed by atoms with Crippen LogP contribution < -0.4 is 0 Å². The SMILES string of the molecule is Cc1ccc2ncc(N=C=O)cc2c1. The zero-order valence-corrected chi connectivity index (χ0v) is 7.69. The Morgan fingerprint density at radius 2 is 2.21 bits per heavy atom. The first-order valence-electron chi connectivity index (χ1n) is 4.24. The Kier molecular flexibility index (Phi) is 2.09. The van der Waals surface area contributed by atoms with Gasteiger partial charge in [0.2, 0.25) is 6.08 Å². The molecule has 0 unspecified atom stereocenters. The van der Waals surface area contributed by atoms with E-state index in [-0.39, 0.29) is 0 Å². The summed E-state index contributed by atoms with van der Waals surface area (Å²) in [5, 5.41) is 0.988. The van der Waals surface area contributed by atoms with Crippen LogP contribution in [0.25, 0.3) is 10.9 Å². The van der Waals surface area contributed by atoms with E-state index < -0.39 is 0 Å². The zero-order valence-electron chi connectivity index (χ0n) is 7.69. The third-order valence-corrected chi connectivity index (χ3v) is 2.00. The summed E-state index contributed by atoms with van der Waals surface area (Å²) in [7, 11) is 0. The van der Waals surface area contributed by atoms with Gasteiger partial charge in [0.25, 0.3) is 0 Å². The van der Waals surface area contributed by atoms with Gasteiger partial charge >= 0.3 is 0 Å². The molecule has 0 aliphatic heterocycles. The fourth-order valence-electron chi connectivity index (χ4n) is 1.35. The second-order valence-electron chi connectivity index (χ2n) is 3.09. The van der Waals surface area contributed by atoms with Crippen molar-refractivity contribution >= 4 is 22.7 Å². The molecule has 14 heavy (non-hydrogen) atoms. The van der Waals surface area contributed by atoms with Gasteiger partial charge in [-0.15, -0.1) is 0 Å². The molecule has 0 saturated heterocycles. The lowest BCUT2D eigenvalue weighted by Crippen LogP contribution is -1.79. The molecule has 0 bridgehead atoms. The quantitative estimate of drug-likeness (QED) is 0.504. The van der Waals surface area contributed by atoms with Crippen molar-refractivity contribution in [1.82, 2.24) is 4.98 Å². The monoisotopic (exact) mass is 184 g/mol. The molecule has 2 aromatic rings. The van der Waals surface area contributed by atoms with Crippen LogP contribution in [-0.4, -0.2) is 11.1 Å². The van der Waals surface area contributed by atoms with Crippen LogP contribution in [0.3, 0.4) is 0 Å². The number of aromatic nitrogens is 1. The first-order chi connectivity index (χ1) is 6.79. The van der Waals surface area contributed by atoms with Crippen molar-refractivity contribution in [2.24, 2.45) is 4.99 Å². The van der Waals surface area contributed by atoms with E-state index in [1.807, 2.05) is 31.2 Å². The van der Waals surface area contributed by atoms with Crippen molar-refractivity contribution in [1.29, 1.82) is 0 Å². The molecule has 0 saturated carbocycles. The lowest BCUT2D eigenvalue weighted by atomic mass is 10.1. The molecule has 0 spiro atoms. The number of benzene rings is 1. The van der Waals surface area contributed by atoms with E-state index >= 15 is 0 Å². The molecule has 1 heterocycles. The minimum Gasteiger partial charge on any atom is -0.254 e. The minimum absolute atomic E-state index is 0.540. The molecular formula is C11H8N2O. The number of nitrogens with zero attached hydrogens (tertiary/aromatic N) is 2. The molecule has 0 aliphatic carbocycles. The average Bonchev–Trinajstić information content (AvgIpc) is 2.17. The number of carbonyl (C=O) groups excluding carboxylic acids is 1. The molecule has 1 aromatic heterocycles. The van der Waals surface area contributed by atoms with Gasteiger partial charge in [-0.05, 0) is 25.1 Å². The van der Waals surface area contributed by atoms with Crippen molar-refractivity contribution in [2.45, 2.75) is 6.92 Å². The summed E-state index contributed by atoms with van der Waals surface area (Å²) in [6.45, 7) is 2.01. The van der Waals surface area contributed by atoms with E-state index in [1.165, 1.54) is 6.08 Å². The summed E-state index contributed by atoms with van der Waals surface area (Å²) in [6.07, 6.45) is 3.06. The predicted octanol–water partition coefficient (Wildman–Crippen LogP) is 2.51. The third-order valence-electron chi connectivity index (χ3n) is 2.00. The van der Waals surface area contributed by atoms with Gasteiger partial charge in [0, 0.05) is 5.39 Å². The zero-order chi connectivity index (χ0) is 9.97. The van der Waals surface area contributed by atoms with Crippen LogP contribution in [0.5, 0.6) is 0 Å². The molecule has 3 nitrogen and oxygen atoms in total. The van der Waals surface area contributed by atoms with Crippen molar-refractivity contribution < 1.29 is 4.79 Å². The van der Waals surface area contributed by atoms with Gasteiger partial charge in [-0.2, -0.15) is 4.99 Å². The normalized spacial score (nSPS) is 9.79. The summed E-state index contributed by atoms with van der Waals surface area (Å²) in [5.74, 6) is 0. The fourth-order valence-corrected chi connectivity index (χ4v) is 1.35. The van der Waals surface area contributed by atoms with Gasteiger partial charge in [-0.3, -0.25) is 4.98 Å². The maximum absolute atomic E-state index is 10.1. The average molecular weight is 184 g/mol. The molecule has 3 heteroatoms. The summed E-state index contributed by atoms with van der Waals surface area (Å²) in [5.41, 5.74) is 2.60. The molecular weight excluding hydrogens is 176 g/mol. The summed E-state index contributed by atoms with van der Waals surface area (Å²) >= 11 is 0. The van der Waals surface area contributed by atoms with E-state index in [4.69, 9.17) is 0 Å². The van der Waals surface area contributed by atoms with Crippen molar-refractivity contribution in [3.63, 3.8) is 0 Å². The first-order valence-corrected chi connectivity index (χ1v) is 4.24. The number of hydrogen-bond donors (Lipinski definition) is 0. The van der Waals surface area contributed by atoms with E-state index in [0.717, 1.165) is 16.5 Å². The Morgan fingerprint density at radius 3 is 3.00 bits per heavy atom. The Morgan fingerprint density at radius 1 is 1.36 bits per heavy atom. The number of aryl methyl sites for hydroxylation is 1. The van der Waals surface area contributed by atoms with Crippen LogP contribution >= 0.6 is 0 Å². The van der Waals surface area contributed by atoms with E-state index in [1.54, 1.807) is 6.20 Å². The van der Waals surface area contributed by atoms with Gasteiger partial charge in [0.1, 0.15) is 0 Å². The van der Waals surface area contributed by atoms with E-state index in [2.05, 4.69) is 9.98 Å². The molecule has 68 valence electrons. The molecule has 2 rings (SSSR count). The van der Waals surface area contributed by atoms with Crippen LogP contribution in [0.2, 0.25) is 0 Å². The lowest BCUT2D eigenvalue weighted by molar-refractivity contribution is 0.565. The second kappa shape index (κ2) is 3.40. The number of rotatable bonds is 1. The number of isocyanates is 1. The summed E-state index contributed by atoms with van der Waals surface area (Å²) in [4.78, 5) is 17.7. The first kappa shape index (κ1) is 8.60. The minimum atomic E-state index is 0.540. The topological polar surface area (TPSA) is 42.3 Å². The Labute approximate surface area is 81.1 Å². The standard InChI is InChI=1S/C11H8N2O/c1-8-2-3-11-9(4-8)5-10(6-12-11)13-7-14/h2-6H,1H3. The van der Waals surface area contributed by atoms with Crippen molar-refractivity contribution in [3.05, 3.63) is 36.0 Å². The Hall–Kier alpha value is -1.99. The smallest absolute Gasteiger partial charge is 0.240 e. The highest BCUT2D eigenvalue weighted by atomic mass is 16.1. The van der Waals surface area contributed by atoms with Crippen LogP contribution in [0.15, 0.2) is 35.5 Å². The van der Waals surface area contributed by atoms with Crippen LogP contribution in [0, 0.1) is 6.92 Å². The van der Waals surface area contributed by atoms with Gasteiger partial charge in [0.05, 0.1) is 17.4 Å². The maximum Gasteiger partial charge on any atom is 0.240 e. The van der Waals surface area contributed by atoms with Gasteiger partial charge in [-0.25, -0.2) is 4.79 Å². The van der Waals surface area contributed by atoms with Crippen LogP contribution in [0.4, 0.5) is 5.69 Å². The summed E-state index contributed by atoms with van der Waals surface area (Å²) in [6, 6.07) is 7.77. The number of fused-ring (bicyclic) bond motifs is 1. The Balaban J connectivity index is 2.69. The largest absolute Gasteiger partial charge is 0.254 e. The molecule has 0 radical (unpaired) electrons. The number of pyridine rings is 1. The highest BCUT2D eigenvalue weighted by Crippen LogP contribution is 2.19. The third kappa shape index (κ3) is 1.53. The van der Waals surface area contributed by atoms with Gasteiger partial charge in [0.15, 0.2) is 0 Å². The van der Waals surface area contributed by atoms with Crippen molar-refractivity contribution in [2.75, 3.05) is 0 Å². The number of hydrogen-bond acceptors (Lipinski definition) is 3.